The first-order valence-electron chi connectivity index (χ1n) is 7.01. The summed E-state index contributed by atoms with van der Waals surface area (Å²) in [6, 6.07) is 7.67. The minimum absolute atomic E-state index is 0.00604. The number of allylic oxidation sites excluding steroid dienone is 1. The van der Waals surface area contributed by atoms with Gasteiger partial charge in [0.15, 0.2) is 5.78 Å². The van der Waals surface area contributed by atoms with Crippen molar-refractivity contribution in [3.8, 4) is 0 Å². The number of benzene rings is 1. The SMILES string of the molecule is O=C1C=C2CN(Cc3ccccc3)[C@@H](C(F)(F)F)C[C@@H]2C1. The molecule has 21 heavy (non-hydrogen) atoms. The monoisotopic (exact) mass is 295 g/mol. The molecule has 1 aliphatic carbocycles. The smallest absolute Gasteiger partial charge is 0.295 e. The number of hydrogen-bond donors (Lipinski definition) is 0. The highest BCUT2D eigenvalue weighted by Crippen LogP contribution is 2.40. The molecule has 0 N–H and O–H groups in total. The predicted molar refractivity (Wildman–Crippen MR) is 72.5 cm³/mol. The third-order valence-electron chi connectivity index (χ3n) is 4.26. The Balaban J connectivity index is 1.84. The van der Waals surface area contributed by atoms with Crippen molar-refractivity contribution in [2.24, 2.45) is 5.92 Å². The van der Waals surface area contributed by atoms with E-state index in [1.165, 1.54) is 11.0 Å². The molecule has 3 rings (SSSR count). The summed E-state index contributed by atoms with van der Waals surface area (Å²) in [6.07, 6.45) is -2.49. The number of fused-ring (bicyclic) bond motifs is 1. The lowest BCUT2D eigenvalue weighted by Gasteiger charge is -2.40. The summed E-state index contributed by atoms with van der Waals surface area (Å²) < 4.78 is 39.9. The second kappa shape index (κ2) is 5.30. The van der Waals surface area contributed by atoms with E-state index in [2.05, 4.69) is 0 Å². The molecule has 1 saturated heterocycles. The van der Waals surface area contributed by atoms with E-state index in [0.717, 1.165) is 11.1 Å². The molecule has 0 amide bonds. The topological polar surface area (TPSA) is 20.3 Å². The Morgan fingerprint density at radius 3 is 2.57 bits per heavy atom. The maximum atomic E-state index is 13.3. The number of hydrogen-bond acceptors (Lipinski definition) is 2. The molecule has 2 atom stereocenters. The lowest BCUT2D eigenvalue weighted by molar-refractivity contribution is -0.192. The van der Waals surface area contributed by atoms with Gasteiger partial charge >= 0.3 is 6.18 Å². The van der Waals surface area contributed by atoms with Gasteiger partial charge in [0.05, 0.1) is 0 Å². The molecule has 0 saturated carbocycles. The van der Waals surface area contributed by atoms with Crippen molar-refractivity contribution in [2.45, 2.75) is 31.6 Å². The number of carbonyl (C=O) groups is 1. The summed E-state index contributed by atoms with van der Waals surface area (Å²) >= 11 is 0. The first-order valence-corrected chi connectivity index (χ1v) is 7.01. The van der Waals surface area contributed by atoms with Crippen LogP contribution < -0.4 is 0 Å². The maximum Gasteiger partial charge on any atom is 0.404 e. The van der Waals surface area contributed by atoms with Crippen molar-refractivity contribution >= 4 is 5.78 Å². The maximum absolute atomic E-state index is 13.3. The van der Waals surface area contributed by atoms with Crippen LogP contribution in [0, 0.1) is 5.92 Å². The number of rotatable bonds is 2. The van der Waals surface area contributed by atoms with Gasteiger partial charge in [0, 0.05) is 19.5 Å². The van der Waals surface area contributed by atoms with Crippen molar-refractivity contribution in [3.05, 3.63) is 47.5 Å². The normalized spacial score (nSPS) is 26.6. The second-order valence-electron chi connectivity index (χ2n) is 5.77. The zero-order valence-electron chi connectivity index (χ0n) is 11.4. The van der Waals surface area contributed by atoms with Crippen LogP contribution >= 0.6 is 0 Å². The molecule has 2 aliphatic rings. The lowest BCUT2D eigenvalue weighted by atomic mass is 9.87. The summed E-state index contributed by atoms with van der Waals surface area (Å²) in [6.45, 7) is 0.485. The minimum Gasteiger partial charge on any atom is -0.295 e. The molecule has 1 heterocycles. The van der Waals surface area contributed by atoms with Gasteiger partial charge in [-0.25, -0.2) is 0 Å². The summed E-state index contributed by atoms with van der Waals surface area (Å²) in [5.74, 6) is -0.270. The number of carbonyl (C=O) groups excluding carboxylic acids is 1. The van der Waals surface area contributed by atoms with Crippen LogP contribution in [0.2, 0.25) is 0 Å². The first kappa shape index (κ1) is 14.3. The molecule has 2 nitrogen and oxygen atoms in total. The van der Waals surface area contributed by atoms with Gasteiger partial charge in [-0.15, -0.1) is 0 Å². The molecule has 0 spiro atoms. The van der Waals surface area contributed by atoms with Gasteiger partial charge in [-0.05, 0) is 29.6 Å². The highest BCUT2D eigenvalue weighted by atomic mass is 19.4. The van der Waals surface area contributed by atoms with Crippen molar-refractivity contribution in [2.75, 3.05) is 6.54 Å². The zero-order valence-corrected chi connectivity index (χ0v) is 11.4. The van der Waals surface area contributed by atoms with Crippen LogP contribution in [0.15, 0.2) is 42.0 Å². The standard InChI is InChI=1S/C16H16F3NO/c17-16(18,19)15-8-12-6-14(21)7-13(12)10-20(15)9-11-4-2-1-3-5-11/h1-5,7,12,15H,6,8-10H2/t12-,15+/m0/s1. The van der Waals surface area contributed by atoms with Crippen LogP contribution in [0.1, 0.15) is 18.4 Å². The van der Waals surface area contributed by atoms with Crippen molar-refractivity contribution in [1.82, 2.24) is 4.90 Å². The molecule has 0 unspecified atom stereocenters. The van der Waals surface area contributed by atoms with Gasteiger partial charge < -0.3 is 0 Å². The number of alkyl halides is 3. The van der Waals surface area contributed by atoms with Gasteiger partial charge in [0.1, 0.15) is 6.04 Å². The van der Waals surface area contributed by atoms with Gasteiger partial charge in [-0.3, -0.25) is 9.69 Å². The Labute approximate surface area is 121 Å². The average Bonchev–Trinajstić information content (AvgIpc) is 2.77. The molecule has 0 aromatic heterocycles. The molecule has 5 heteroatoms. The van der Waals surface area contributed by atoms with Crippen molar-refractivity contribution in [3.63, 3.8) is 0 Å². The van der Waals surface area contributed by atoms with E-state index in [1.807, 2.05) is 30.3 Å². The highest BCUT2D eigenvalue weighted by Gasteiger charge is 2.48. The number of halogens is 3. The van der Waals surface area contributed by atoms with Gasteiger partial charge in [-0.2, -0.15) is 13.2 Å². The molecular formula is C16H16F3NO. The zero-order chi connectivity index (χ0) is 15.0. The molecule has 1 aliphatic heterocycles. The van der Waals surface area contributed by atoms with Crippen molar-refractivity contribution < 1.29 is 18.0 Å². The summed E-state index contributed by atoms with van der Waals surface area (Å²) in [4.78, 5) is 12.9. The number of nitrogens with zero attached hydrogens (tertiary/aromatic N) is 1. The first-order chi connectivity index (χ1) is 9.93. The van der Waals surface area contributed by atoms with E-state index < -0.39 is 12.2 Å². The minimum atomic E-state index is -4.26. The van der Waals surface area contributed by atoms with E-state index in [9.17, 15) is 18.0 Å². The number of piperidine rings is 1. The van der Waals surface area contributed by atoms with Crippen LogP contribution in [0.25, 0.3) is 0 Å². The Hall–Kier alpha value is -1.62. The Morgan fingerprint density at radius 2 is 1.90 bits per heavy atom. The Kier molecular flexibility index (Phi) is 3.61. The largest absolute Gasteiger partial charge is 0.404 e. The molecular weight excluding hydrogens is 279 g/mol. The van der Waals surface area contributed by atoms with Crippen LogP contribution in [-0.2, 0) is 11.3 Å². The summed E-state index contributed by atoms with van der Waals surface area (Å²) in [5, 5.41) is 0. The number of likely N-dealkylation sites (tertiary alicyclic amines) is 1. The molecule has 1 fully saturated rings. The predicted octanol–water partition coefficient (Wildman–Crippen LogP) is 3.34. The van der Waals surface area contributed by atoms with Gasteiger partial charge in [-0.1, -0.05) is 30.3 Å². The molecule has 0 radical (unpaired) electrons. The molecule has 1 aromatic rings. The van der Waals surface area contributed by atoms with E-state index in [1.54, 1.807) is 0 Å². The van der Waals surface area contributed by atoms with Gasteiger partial charge in [0.25, 0.3) is 0 Å². The molecule has 112 valence electrons. The van der Waals surface area contributed by atoms with E-state index >= 15 is 0 Å². The fourth-order valence-electron chi connectivity index (χ4n) is 3.25. The van der Waals surface area contributed by atoms with Crippen molar-refractivity contribution in [1.29, 1.82) is 0 Å². The van der Waals surface area contributed by atoms with Crippen LogP contribution in [0.4, 0.5) is 13.2 Å². The Morgan fingerprint density at radius 1 is 1.19 bits per heavy atom. The lowest BCUT2D eigenvalue weighted by Crippen LogP contribution is -2.50. The van der Waals surface area contributed by atoms with Crippen LogP contribution in [0.5, 0.6) is 0 Å². The Bertz CT molecular complexity index is 565. The second-order valence-corrected chi connectivity index (χ2v) is 5.77. The summed E-state index contributed by atoms with van der Waals surface area (Å²) in [5.41, 5.74) is 1.71. The molecule has 0 bridgehead atoms. The van der Waals surface area contributed by atoms with E-state index in [4.69, 9.17) is 0 Å². The van der Waals surface area contributed by atoms with Crippen LogP contribution in [-0.4, -0.2) is 29.4 Å². The fourth-order valence-corrected chi connectivity index (χ4v) is 3.25. The quantitative estimate of drug-likeness (QED) is 0.834. The van der Waals surface area contributed by atoms with E-state index in [0.29, 0.717) is 0 Å². The average molecular weight is 295 g/mol. The fraction of sp³-hybridized carbons (Fsp3) is 0.438. The molecule has 1 aromatic carbocycles. The summed E-state index contributed by atoms with van der Waals surface area (Å²) in [7, 11) is 0. The number of ketones is 1. The van der Waals surface area contributed by atoms with Crippen LogP contribution in [0.3, 0.4) is 0 Å². The third-order valence-corrected chi connectivity index (χ3v) is 4.26. The van der Waals surface area contributed by atoms with E-state index in [-0.39, 0.29) is 37.6 Å². The third kappa shape index (κ3) is 3.02. The highest BCUT2D eigenvalue weighted by molar-refractivity contribution is 5.93. The van der Waals surface area contributed by atoms with Gasteiger partial charge in [0.2, 0.25) is 0 Å².